The number of nitrogens with one attached hydrogen (secondary N) is 1. The molecule has 1 aliphatic rings. The van der Waals surface area contributed by atoms with E-state index in [-0.39, 0.29) is 5.97 Å². The average Bonchev–Trinajstić information content (AvgIpc) is 2.40. The number of carbonyl (C=O) groups excluding carboxylic acids is 1. The van der Waals surface area contributed by atoms with Crippen molar-refractivity contribution in [2.75, 3.05) is 18.8 Å². The van der Waals surface area contributed by atoms with Gasteiger partial charge in [-0.3, -0.25) is 4.79 Å². The number of hydrogen-bond acceptors (Lipinski definition) is 4. The number of benzene rings is 1. The predicted molar refractivity (Wildman–Crippen MR) is 82.5 cm³/mol. The Bertz CT molecular complexity index is 430. The van der Waals surface area contributed by atoms with E-state index in [1.807, 2.05) is 24.3 Å². The summed E-state index contributed by atoms with van der Waals surface area (Å²) in [6.07, 6.45) is 1.98. The van der Waals surface area contributed by atoms with E-state index in [4.69, 9.17) is 4.74 Å². The maximum atomic E-state index is 11.9. The van der Waals surface area contributed by atoms with E-state index in [2.05, 4.69) is 33.9 Å². The first kappa shape index (κ1) is 14.9. The second kappa shape index (κ2) is 6.77. The fourth-order valence-corrected chi connectivity index (χ4v) is 2.84. The van der Waals surface area contributed by atoms with Gasteiger partial charge in [-0.05, 0) is 30.8 Å². The Kier molecular flexibility index (Phi) is 5.30. The van der Waals surface area contributed by atoms with Crippen LogP contribution in [0, 0.1) is 0 Å². The van der Waals surface area contributed by atoms with Crippen molar-refractivity contribution in [3.05, 3.63) is 34.3 Å². The van der Waals surface area contributed by atoms with Gasteiger partial charge in [-0.15, -0.1) is 0 Å². The zero-order chi connectivity index (χ0) is 13.7. The largest absolute Gasteiger partial charge is 0.454 e. The van der Waals surface area contributed by atoms with E-state index in [0.717, 1.165) is 36.0 Å². The number of hydrogen-bond donors (Lipinski definition) is 2. The van der Waals surface area contributed by atoms with Crippen molar-refractivity contribution >= 4 is 34.5 Å². The van der Waals surface area contributed by atoms with Crippen molar-refractivity contribution in [3.8, 4) is 0 Å². The second-order valence-corrected chi connectivity index (χ2v) is 6.06. The number of rotatable bonds is 4. The number of esters is 1. The minimum Gasteiger partial charge on any atom is -0.454 e. The normalized spacial score (nSPS) is 18.0. The van der Waals surface area contributed by atoms with Gasteiger partial charge in [0.2, 0.25) is 0 Å². The van der Waals surface area contributed by atoms with Crippen LogP contribution in [-0.4, -0.2) is 24.8 Å². The molecule has 0 unspecified atom stereocenters. The van der Waals surface area contributed by atoms with Gasteiger partial charge in [0.15, 0.2) is 0 Å². The third kappa shape index (κ3) is 3.74. The van der Waals surface area contributed by atoms with E-state index in [1.54, 1.807) is 0 Å². The maximum absolute atomic E-state index is 11.9. The first-order chi connectivity index (χ1) is 9.16. The molecular formula is C14H18BrNO2S. The van der Waals surface area contributed by atoms with Crippen LogP contribution in [0.3, 0.4) is 0 Å². The summed E-state index contributed by atoms with van der Waals surface area (Å²) in [5.74, 6) is 0.354. The summed E-state index contributed by atoms with van der Waals surface area (Å²) in [7, 11) is 0. The van der Waals surface area contributed by atoms with Crippen LogP contribution in [0.5, 0.6) is 0 Å². The summed E-state index contributed by atoms with van der Waals surface area (Å²) in [5.41, 5.74) is 0.594. The van der Waals surface area contributed by atoms with Gasteiger partial charge < -0.3 is 10.1 Å². The van der Waals surface area contributed by atoms with E-state index >= 15 is 0 Å². The molecule has 1 aromatic rings. The molecule has 3 nitrogen and oxygen atoms in total. The second-order valence-electron chi connectivity index (χ2n) is 4.70. The number of piperidine rings is 1. The van der Waals surface area contributed by atoms with Gasteiger partial charge in [0.25, 0.3) is 0 Å². The van der Waals surface area contributed by atoms with Crippen LogP contribution in [0.4, 0.5) is 0 Å². The molecule has 104 valence electrons. The highest BCUT2D eigenvalue weighted by molar-refractivity contribution is 9.10. The van der Waals surface area contributed by atoms with Gasteiger partial charge in [-0.2, -0.15) is 12.6 Å². The van der Waals surface area contributed by atoms with Gasteiger partial charge in [0.1, 0.15) is 5.60 Å². The van der Waals surface area contributed by atoms with E-state index in [1.165, 1.54) is 0 Å². The maximum Gasteiger partial charge on any atom is 0.307 e. The molecule has 19 heavy (non-hydrogen) atoms. The van der Waals surface area contributed by atoms with Crippen LogP contribution in [0.1, 0.15) is 24.8 Å². The number of thiol groups is 1. The van der Waals surface area contributed by atoms with Crippen molar-refractivity contribution in [3.63, 3.8) is 0 Å². The summed E-state index contributed by atoms with van der Waals surface area (Å²) < 4.78 is 6.83. The van der Waals surface area contributed by atoms with Gasteiger partial charge in [-0.1, -0.05) is 28.1 Å². The van der Waals surface area contributed by atoms with Crippen LogP contribution in [0.2, 0.25) is 0 Å². The van der Waals surface area contributed by atoms with Crippen molar-refractivity contribution in [1.82, 2.24) is 5.32 Å². The molecule has 1 aliphatic heterocycles. The lowest BCUT2D eigenvalue weighted by molar-refractivity contribution is -0.163. The third-order valence-corrected chi connectivity index (χ3v) is 4.16. The van der Waals surface area contributed by atoms with Gasteiger partial charge in [-0.25, -0.2) is 0 Å². The van der Waals surface area contributed by atoms with Crippen LogP contribution in [-0.2, 0) is 15.1 Å². The highest BCUT2D eigenvalue weighted by Crippen LogP contribution is 2.35. The lowest BCUT2D eigenvalue weighted by atomic mass is 9.85. The Morgan fingerprint density at radius 1 is 1.32 bits per heavy atom. The fourth-order valence-electron chi connectivity index (χ4n) is 2.39. The van der Waals surface area contributed by atoms with Crippen LogP contribution in [0.25, 0.3) is 0 Å². The Hall–Kier alpha value is -0.520. The molecule has 0 spiro atoms. The molecule has 1 fully saturated rings. The lowest BCUT2D eigenvalue weighted by Gasteiger charge is -2.37. The van der Waals surface area contributed by atoms with E-state index in [9.17, 15) is 4.79 Å². The molecule has 0 aliphatic carbocycles. The van der Waals surface area contributed by atoms with Crippen molar-refractivity contribution in [1.29, 1.82) is 0 Å². The Balaban J connectivity index is 2.23. The summed E-state index contributed by atoms with van der Waals surface area (Å²) >= 11 is 7.52. The molecule has 0 saturated carbocycles. The highest BCUT2D eigenvalue weighted by Gasteiger charge is 2.37. The smallest absolute Gasteiger partial charge is 0.307 e. The summed E-state index contributed by atoms with van der Waals surface area (Å²) in [4.78, 5) is 11.9. The monoisotopic (exact) mass is 343 g/mol. The van der Waals surface area contributed by atoms with E-state index in [0.29, 0.717) is 12.2 Å². The number of ether oxygens (including phenoxy) is 1. The zero-order valence-electron chi connectivity index (χ0n) is 10.7. The summed E-state index contributed by atoms with van der Waals surface area (Å²) in [6.45, 7) is 1.73. The fraction of sp³-hybridized carbons (Fsp3) is 0.500. The van der Waals surface area contributed by atoms with Gasteiger partial charge in [0, 0.05) is 23.1 Å². The molecule has 1 saturated heterocycles. The average molecular weight is 344 g/mol. The first-order valence-electron chi connectivity index (χ1n) is 6.46. The lowest BCUT2D eigenvalue weighted by Crippen LogP contribution is -2.43. The first-order valence-corrected chi connectivity index (χ1v) is 7.88. The summed E-state index contributed by atoms with van der Waals surface area (Å²) in [5, 5.41) is 3.31. The molecular weight excluding hydrogens is 326 g/mol. The molecule has 0 amide bonds. The molecule has 0 bridgehead atoms. The van der Waals surface area contributed by atoms with Crippen LogP contribution >= 0.6 is 28.6 Å². The quantitative estimate of drug-likeness (QED) is 0.652. The molecule has 1 N–H and O–H groups in total. The third-order valence-electron chi connectivity index (χ3n) is 3.41. The minimum absolute atomic E-state index is 0.167. The summed E-state index contributed by atoms with van der Waals surface area (Å²) in [6, 6.07) is 8.05. The predicted octanol–water partition coefficient (Wildman–Crippen LogP) is 2.89. The molecule has 1 aromatic carbocycles. The van der Waals surface area contributed by atoms with Crippen molar-refractivity contribution in [2.24, 2.45) is 0 Å². The van der Waals surface area contributed by atoms with Gasteiger partial charge >= 0.3 is 5.97 Å². The van der Waals surface area contributed by atoms with Crippen LogP contribution < -0.4 is 5.32 Å². The number of halogens is 1. The Labute approximate surface area is 127 Å². The Morgan fingerprint density at radius 2 is 1.95 bits per heavy atom. The van der Waals surface area contributed by atoms with Gasteiger partial charge in [0.05, 0.1) is 6.42 Å². The standard InChI is InChI=1S/C14H18BrNO2S/c15-12-3-1-11(2-4-12)14(6-8-16-9-7-14)18-13(17)5-10-19/h1-4,16,19H,5-10H2. The van der Waals surface area contributed by atoms with Crippen LogP contribution in [0.15, 0.2) is 28.7 Å². The van der Waals surface area contributed by atoms with Crippen molar-refractivity contribution < 1.29 is 9.53 Å². The zero-order valence-corrected chi connectivity index (χ0v) is 13.2. The molecule has 5 heteroatoms. The highest BCUT2D eigenvalue weighted by atomic mass is 79.9. The molecule has 0 atom stereocenters. The Morgan fingerprint density at radius 3 is 2.53 bits per heavy atom. The molecule has 0 aromatic heterocycles. The molecule has 0 radical (unpaired) electrons. The molecule has 1 heterocycles. The van der Waals surface area contributed by atoms with E-state index < -0.39 is 5.60 Å². The topological polar surface area (TPSA) is 38.3 Å². The minimum atomic E-state index is -0.480. The molecule has 2 rings (SSSR count). The SMILES string of the molecule is O=C(CCS)OC1(c2ccc(Br)cc2)CCNCC1. The van der Waals surface area contributed by atoms with Crippen molar-refractivity contribution in [2.45, 2.75) is 24.9 Å². The number of carbonyl (C=O) groups is 1.